The van der Waals surface area contributed by atoms with Gasteiger partial charge in [0.05, 0.1) is 50.8 Å². The number of ether oxygens (including phenoxy) is 2. The summed E-state index contributed by atoms with van der Waals surface area (Å²) in [6.45, 7) is 20.3. The maximum Gasteiger partial charge on any atom is 0.475 e. The summed E-state index contributed by atoms with van der Waals surface area (Å²) in [7, 11) is -0.448. The number of hydrogen-bond donors (Lipinski definition) is 2. The van der Waals surface area contributed by atoms with E-state index in [-0.39, 0.29) is 83.3 Å². The van der Waals surface area contributed by atoms with Crippen molar-refractivity contribution in [3.05, 3.63) is 77.9 Å². The number of carbonyl (C=O) groups excluding carboxylic acids is 2. The Hall–Kier alpha value is -2.89. The van der Waals surface area contributed by atoms with Crippen molar-refractivity contribution >= 4 is 25.3 Å². The molecule has 12 heteroatoms. The van der Waals surface area contributed by atoms with E-state index >= 15 is 0 Å². The van der Waals surface area contributed by atoms with E-state index in [0.717, 1.165) is 82.9 Å². The zero-order valence-corrected chi connectivity index (χ0v) is 45.0. The minimum atomic E-state index is -4.02. The lowest BCUT2D eigenvalue weighted by Crippen LogP contribution is -2.62. The van der Waals surface area contributed by atoms with Crippen LogP contribution >= 0.6 is 7.82 Å². The number of allylic oxidation sites excluding steroid dienone is 4. The normalized spacial score (nSPS) is 40.0. The van der Waals surface area contributed by atoms with Crippen LogP contribution in [0.4, 0.5) is 5.69 Å². The first-order valence-electron chi connectivity index (χ1n) is 27.5. The minimum absolute atomic E-state index is 0.0250. The number of likely N-dealkylation sites (N-methyl/N-ethyl adjacent to an activating group) is 1. The highest BCUT2D eigenvalue weighted by Crippen LogP contribution is 2.71. The molecule has 9 rings (SSSR count). The van der Waals surface area contributed by atoms with Crippen molar-refractivity contribution in [2.45, 2.75) is 167 Å². The summed E-state index contributed by atoms with van der Waals surface area (Å²) in [5.41, 5.74) is 5.37. The highest BCUT2D eigenvalue weighted by Gasteiger charge is 2.67. The average Bonchev–Trinajstić information content (AvgIpc) is 3.84. The van der Waals surface area contributed by atoms with Crippen molar-refractivity contribution in [1.29, 1.82) is 0 Å². The van der Waals surface area contributed by atoms with Gasteiger partial charge in [-0.3, -0.25) is 23.2 Å². The lowest BCUT2D eigenvalue weighted by Gasteiger charge is -2.64. The number of benzene rings is 1. The SMILES string of the molecule is C=CCOP(=O)(OCC=C)O[C@@H]1C[C@@H]2C[C@@H](OCCN(C)c3ccc([C@H]4C[C@@]5(C)C(CC[C@]5(C)O)C5CCC6=CC(=O)CCC6=C54)cc3)CC[C@]2(C)[C@H]2C[C@H](O)[C@]3(C)[C@@H]([C@H](C)CCC(=O)OC)CC[C@H]3[C@H]12. The second kappa shape index (κ2) is 20.7. The second-order valence-corrected chi connectivity index (χ2v) is 26.1. The Bertz CT molecular complexity index is 2260. The fourth-order valence-electron chi connectivity index (χ4n) is 17.2. The molecular weight excluding hydrogens is 914 g/mol. The Morgan fingerprint density at radius 2 is 1.66 bits per heavy atom. The van der Waals surface area contributed by atoms with Crippen LogP contribution < -0.4 is 4.90 Å². The number of esters is 1. The standard InChI is InChI=1S/C59H86NO10P/c1-10-29-68-71(65,69-30-11-2)70-51-34-40-33-43(24-26-56(40,4)50-35-52(62)59(7)47(21-22-49(59)55(50)51)37(3)12-23-53(63)66-9)67-31-28-60(8)41-16-13-38(14-17-41)46-36-57(5)48(25-27-58(57,6)64)45-19-15-39-32-42(61)18-20-44(39)54(45)46/h10-11,13-14,16-17,32,37,40,43,45-52,55,62,64H,1-2,12,15,18-31,33-36H2,3-9H3/t37-,40+,43+,45?,46-,47-,48?,49+,50+,51-,52+,55+,56+,57+,58+,59-/m1/s1. The second-order valence-electron chi connectivity index (χ2n) is 24.5. The van der Waals surface area contributed by atoms with Crippen LogP contribution in [0.25, 0.3) is 0 Å². The molecule has 0 aliphatic heterocycles. The molecule has 8 aliphatic carbocycles. The largest absolute Gasteiger partial charge is 0.475 e. The molecule has 2 unspecified atom stereocenters. The number of ketones is 1. The van der Waals surface area contributed by atoms with Gasteiger partial charge in [0.15, 0.2) is 5.78 Å². The van der Waals surface area contributed by atoms with Crippen molar-refractivity contribution in [1.82, 2.24) is 0 Å². The molecule has 6 fully saturated rings. The van der Waals surface area contributed by atoms with Gasteiger partial charge in [-0.2, -0.15) is 0 Å². The lowest BCUT2D eigenvalue weighted by molar-refractivity contribution is -0.207. The molecule has 0 spiro atoms. The van der Waals surface area contributed by atoms with Crippen molar-refractivity contribution in [2.75, 3.05) is 45.4 Å². The maximum atomic E-state index is 14.5. The van der Waals surface area contributed by atoms with E-state index in [2.05, 4.69) is 84.0 Å². The Balaban J connectivity index is 0.890. The molecule has 0 amide bonds. The summed E-state index contributed by atoms with van der Waals surface area (Å²) in [5, 5.41) is 24.3. The topological polar surface area (TPSA) is 141 Å². The molecule has 6 saturated carbocycles. The van der Waals surface area contributed by atoms with E-state index < -0.39 is 31.0 Å². The Labute approximate surface area is 425 Å². The van der Waals surface area contributed by atoms with Crippen molar-refractivity contribution in [2.24, 2.45) is 63.6 Å². The first-order chi connectivity index (χ1) is 33.8. The van der Waals surface area contributed by atoms with Gasteiger partial charge in [-0.05, 0) is 190 Å². The number of aliphatic hydroxyl groups is 2. The van der Waals surface area contributed by atoms with Crippen LogP contribution in [-0.2, 0) is 37.2 Å². The summed E-state index contributed by atoms with van der Waals surface area (Å²) >= 11 is 0. The molecule has 0 heterocycles. The van der Waals surface area contributed by atoms with E-state index in [0.29, 0.717) is 50.5 Å². The third-order valence-electron chi connectivity index (χ3n) is 21.3. The van der Waals surface area contributed by atoms with Crippen LogP contribution in [0, 0.1) is 63.6 Å². The van der Waals surface area contributed by atoms with Gasteiger partial charge in [0.1, 0.15) is 0 Å². The van der Waals surface area contributed by atoms with Gasteiger partial charge in [0, 0.05) is 43.5 Å². The van der Waals surface area contributed by atoms with E-state index in [9.17, 15) is 24.4 Å². The summed E-state index contributed by atoms with van der Waals surface area (Å²) in [5.74, 6) is 2.14. The zero-order chi connectivity index (χ0) is 50.7. The van der Waals surface area contributed by atoms with Crippen LogP contribution in [0.5, 0.6) is 0 Å². The van der Waals surface area contributed by atoms with Gasteiger partial charge >= 0.3 is 13.8 Å². The molecule has 0 aromatic heterocycles. The Morgan fingerprint density at radius 3 is 2.37 bits per heavy atom. The molecule has 0 bridgehead atoms. The molecule has 11 nitrogen and oxygen atoms in total. The maximum absolute atomic E-state index is 14.5. The number of methoxy groups -OCH3 is 1. The van der Waals surface area contributed by atoms with E-state index in [1.807, 2.05) is 6.08 Å². The molecule has 2 N–H and O–H groups in total. The van der Waals surface area contributed by atoms with Crippen molar-refractivity contribution < 1.29 is 47.4 Å². The predicted octanol–water partition coefficient (Wildman–Crippen LogP) is 11.9. The number of carbonyl (C=O) groups is 2. The van der Waals surface area contributed by atoms with Crippen LogP contribution in [0.15, 0.2) is 72.4 Å². The van der Waals surface area contributed by atoms with Crippen molar-refractivity contribution in [3.63, 3.8) is 0 Å². The van der Waals surface area contributed by atoms with E-state index in [4.69, 9.17) is 23.0 Å². The van der Waals surface area contributed by atoms with Gasteiger partial charge in [-0.1, -0.05) is 57.6 Å². The first kappa shape index (κ1) is 53.0. The number of hydrogen-bond acceptors (Lipinski definition) is 11. The fraction of sp³-hybridized carbons (Fsp3) is 0.729. The predicted molar refractivity (Wildman–Crippen MR) is 278 cm³/mol. The number of rotatable bonds is 18. The summed E-state index contributed by atoms with van der Waals surface area (Å²) in [6.07, 6.45) is 17.5. The average molecular weight is 1000 g/mol. The number of fused-ring (bicyclic) bond motifs is 9. The zero-order valence-electron chi connectivity index (χ0n) is 44.1. The molecule has 16 atom stereocenters. The van der Waals surface area contributed by atoms with Crippen LogP contribution in [0.1, 0.15) is 149 Å². The molecule has 8 aliphatic rings. The summed E-state index contributed by atoms with van der Waals surface area (Å²) < 4.78 is 44.7. The van der Waals surface area contributed by atoms with Gasteiger partial charge in [0.25, 0.3) is 0 Å². The van der Waals surface area contributed by atoms with E-state index in [1.54, 1.807) is 17.7 Å². The number of aliphatic hydroxyl groups excluding tert-OH is 1. The smallest absolute Gasteiger partial charge is 0.469 e. The Kier molecular flexibility index (Phi) is 15.4. The van der Waals surface area contributed by atoms with Crippen molar-refractivity contribution in [3.8, 4) is 0 Å². The summed E-state index contributed by atoms with van der Waals surface area (Å²) in [6, 6.07) is 9.12. The number of anilines is 1. The molecule has 392 valence electrons. The number of nitrogens with zero attached hydrogens (tertiary/aromatic N) is 1. The third-order valence-corrected chi connectivity index (χ3v) is 22.7. The first-order valence-corrected chi connectivity index (χ1v) is 28.9. The quantitative estimate of drug-likeness (QED) is 0.0825. The fourth-order valence-corrected chi connectivity index (χ4v) is 18.5. The van der Waals surface area contributed by atoms with Gasteiger partial charge < -0.3 is 24.6 Å². The molecule has 71 heavy (non-hydrogen) atoms. The monoisotopic (exact) mass is 1000 g/mol. The molecular formula is C59H86NO10P. The molecule has 1 aromatic carbocycles. The molecule has 0 radical (unpaired) electrons. The lowest BCUT2D eigenvalue weighted by atomic mass is 9.43. The highest BCUT2D eigenvalue weighted by molar-refractivity contribution is 7.48. The minimum Gasteiger partial charge on any atom is -0.469 e. The van der Waals surface area contributed by atoms with Crippen LogP contribution in [0.3, 0.4) is 0 Å². The van der Waals surface area contributed by atoms with Crippen LogP contribution in [0.2, 0.25) is 0 Å². The van der Waals surface area contributed by atoms with Crippen LogP contribution in [-0.4, -0.2) is 86.4 Å². The number of phosphoric acid groups is 1. The molecule has 1 aromatic rings. The third kappa shape index (κ3) is 9.60. The van der Waals surface area contributed by atoms with Gasteiger partial charge in [-0.25, -0.2) is 4.57 Å². The Morgan fingerprint density at radius 1 is 0.930 bits per heavy atom. The highest BCUT2D eigenvalue weighted by atomic mass is 31.2. The van der Waals surface area contributed by atoms with Gasteiger partial charge in [0.2, 0.25) is 0 Å². The van der Waals surface area contributed by atoms with Gasteiger partial charge in [-0.15, -0.1) is 13.2 Å². The summed E-state index contributed by atoms with van der Waals surface area (Å²) in [4.78, 5) is 27.0. The number of phosphoric ester groups is 1. The van der Waals surface area contributed by atoms with E-state index in [1.165, 1.54) is 23.8 Å². The molecule has 0 saturated heterocycles.